The highest BCUT2D eigenvalue weighted by atomic mass is 16.6. The number of carbonyl (C=O) groups is 1. The zero-order chi connectivity index (χ0) is 14.1. The number of benzene rings is 1. The van der Waals surface area contributed by atoms with Crippen molar-refractivity contribution in [3.63, 3.8) is 0 Å². The number of aromatic nitrogens is 2. The van der Waals surface area contributed by atoms with E-state index in [9.17, 15) is 9.59 Å². The molecule has 0 radical (unpaired) electrons. The lowest BCUT2D eigenvalue weighted by Crippen LogP contribution is -2.15. The summed E-state index contributed by atoms with van der Waals surface area (Å²) in [6.07, 6.45) is 0. The molecule has 1 amide bonds. The van der Waals surface area contributed by atoms with Crippen LogP contribution in [0.2, 0.25) is 0 Å². The molecule has 1 aromatic carbocycles. The Morgan fingerprint density at radius 3 is 2.80 bits per heavy atom. The predicted octanol–water partition coefficient (Wildman–Crippen LogP) is 1.74. The Morgan fingerprint density at radius 2 is 2.05 bits per heavy atom. The Kier molecular flexibility index (Phi) is 2.79. The summed E-state index contributed by atoms with van der Waals surface area (Å²) in [5.74, 6) is -0.506. The fraction of sp³-hybridized carbons (Fsp3) is 0.0769. The Bertz CT molecular complexity index is 850. The Balaban J connectivity index is 2.00. The second-order valence-electron chi connectivity index (χ2n) is 4.14. The van der Waals surface area contributed by atoms with E-state index in [-0.39, 0.29) is 11.6 Å². The first-order chi connectivity index (χ1) is 9.65. The van der Waals surface area contributed by atoms with Crippen molar-refractivity contribution < 1.29 is 13.8 Å². The lowest BCUT2D eigenvalue weighted by Gasteiger charge is -2.02. The summed E-state index contributed by atoms with van der Waals surface area (Å²) in [6.45, 7) is 1.63. The fourth-order valence-corrected chi connectivity index (χ4v) is 1.76. The van der Waals surface area contributed by atoms with E-state index in [4.69, 9.17) is 4.42 Å². The van der Waals surface area contributed by atoms with E-state index in [1.807, 2.05) is 0 Å². The molecule has 3 rings (SSSR count). The van der Waals surface area contributed by atoms with Crippen LogP contribution in [0.25, 0.3) is 10.8 Å². The topological polar surface area (TPSA) is 98.2 Å². The van der Waals surface area contributed by atoms with Gasteiger partial charge in [-0.1, -0.05) is 23.4 Å². The predicted molar refractivity (Wildman–Crippen MR) is 69.5 cm³/mol. The van der Waals surface area contributed by atoms with Crippen LogP contribution in [0.5, 0.6) is 0 Å². The summed E-state index contributed by atoms with van der Waals surface area (Å²) in [4.78, 5) is 23.8. The highest BCUT2D eigenvalue weighted by Crippen LogP contribution is 2.14. The van der Waals surface area contributed by atoms with Gasteiger partial charge in [-0.25, -0.2) is 9.42 Å². The largest absolute Gasteiger partial charge is 0.417 e. The van der Waals surface area contributed by atoms with E-state index in [1.165, 1.54) is 6.07 Å². The number of nitrogens with one attached hydrogen (secondary N) is 1. The van der Waals surface area contributed by atoms with Gasteiger partial charge in [0.1, 0.15) is 5.69 Å². The second-order valence-corrected chi connectivity index (χ2v) is 4.14. The molecular weight excluding hydrogens is 262 g/mol. The standard InChI is InChI=1S/C13H9N3O4/c1-7-11(16-20-15-7)14-12(17)10-6-8-4-2-3-5-9(8)13(18)19-10/h2-6H,1H3,(H,14,16,17). The van der Waals surface area contributed by atoms with E-state index >= 15 is 0 Å². The van der Waals surface area contributed by atoms with Crippen LogP contribution in [-0.2, 0) is 0 Å². The Morgan fingerprint density at radius 1 is 1.25 bits per heavy atom. The number of carbonyl (C=O) groups excluding carboxylic acids is 1. The maximum absolute atomic E-state index is 12.0. The number of rotatable bonds is 2. The van der Waals surface area contributed by atoms with Crippen LogP contribution in [0, 0.1) is 6.92 Å². The molecule has 0 aliphatic rings. The van der Waals surface area contributed by atoms with Crippen molar-refractivity contribution in [2.75, 3.05) is 5.32 Å². The minimum absolute atomic E-state index is 0.101. The van der Waals surface area contributed by atoms with Gasteiger partial charge in [0.15, 0.2) is 5.76 Å². The third-order valence-electron chi connectivity index (χ3n) is 2.78. The van der Waals surface area contributed by atoms with Crippen molar-refractivity contribution in [2.24, 2.45) is 0 Å². The van der Waals surface area contributed by atoms with Crippen LogP contribution >= 0.6 is 0 Å². The summed E-state index contributed by atoms with van der Waals surface area (Å²) < 4.78 is 9.46. The van der Waals surface area contributed by atoms with Gasteiger partial charge in [0, 0.05) is 0 Å². The number of aryl methyl sites for hydroxylation is 1. The van der Waals surface area contributed by atoms with Gasteiger partial charge in [-0.2, -0.15) is 0 Å². The monoisotopic (exact) mass is 271 g/mol. The van der Waals surface area contributed by atoms with Crippen LogP contribution in [0.4, 0.5) is 5.82 Å². The first-order valence-corrected chi connectivity index (χ1v) is 5.78. The van der Waals surface area contributed by atoms with Crippen LogP contribution in [0.15, 0.2) is 44.2 Å². The van der Waals surface area contributed by atoms with E-state index in [1.54, 1.807) is 31.2 Å². The molecule has 0 saturated heterocycles. The van der Waals surface area contributed by atoms with Crippen molar-refractivity contribution in [3.8, 4) is 0 Å². The highest BCUT2D eigenvalue weighted by Gasteiger charge is 2.15. The summed E-state index contributed by atoms with van der Waals surface area (Å²) >= 11 is 0. The number of hydrogen-bond acceptors (Lipinski definition) is 6. The molecule has 0 aliphatic heterocycles. The molecule has 3 aromatic rings. The van der Waals surface area contributed by atoms with Crippen molar-refractivity contribution in [1.29, 1.82) is 0 Å². The average Bonchev–Trinajstić information content (AvgIpc) is 2.84. The normalized spacial score (nSPS) is 10.7. The van der Waals surface area contributed by atoms with Crippen LogP contribution in [-0.4, -0.2) is 16.2 Å². The van der Waals surface area contributed by atoms with Gasteiger partial charge in [-0.3, -0.25) is 10.1 Å². The molecule has 2 aromatic heterocycles. The van der Waals surface area contributed by atoms with Gasteiger partial charge in [0.05, 0.1) is 5.39 Å². The molecule has 20 heavy (non-hydrogen) atoms. The third kappa shape index (κ3) is 2.05. The van der Waals surface area contributed by atoms with Crippen LogP contribution in [0.1, 0.15) is 16.2 Å². The highest BCUT2D eigenvalue weighted by molar-refractivity contribution is 6.03. The maximum atomic E-state index is 12.0. The van der Waals surface area contributed by atoms with E-state index < -0.39 is 11.5 Å². The Labute approximate surface area is 112 Å². The quantitative estimate of drug-likeness (QED) is 0.762. The number of nitrogens with zero attached hydrogens (tertiary/aromatic N) is 2. The fourth-order valence-electron chi connectivity index (χ4n) is 1.76. The minimum Gasteiger partial charge on any atom is -0.417 e. The van der Waals surface area contributed by atoms with Gasteiger partial charge < -0.3 is 4.42 Å². The average molecular weight is 271 g/mol. The molecular formula is C13H9N3O4. The molecule has 7 nitrogen and oxygen atoms in total. The summed E-state index contributed by atoms with van der Waals surface area (Å²) in [5, 5.41) is 10.6. The van der Waals surface area contributed by atoms with Crippen molar-refractivity contribution in [2.45, 2.75) is 6.92 Å². The lowest BCUT2D eigenvalue weighted by molar-refractivity contribution is 0.0992. The van der Waals surface area contributed by atoms with Gasteiger partial charge in [0.2, 0.25) is 5.82 Å². The van der Waals surface area contributed by atoms with Gasteiger partial charge in [-0.05, 0) is 29.6 Å². The van der Waals surface area contributed by atoms with Crippen LogP contribution < -0.4 is 10.9 Å². The minimum atomic E-state index is -0.591. The van der Waals surface area contributed by atoms with E-state index in [2.05, 4.69) is 20.3 Å². The molecule has 0 bridgehead atoms. The Hall–Kier alpha value is -2.96. The molecule has 7 heteroatoms. The maximum Gasteiger partial charge on any atom is 0.344 e. The third-order valence-corrected chi connectivity index (χ3v) is 2.78. The summed E-state index contributed by atoms with van der Waals surface area (Å²) in [6, 6.07) is 8.36. The zero-order valence-corrected chi connectivity index (χ0v) is 10.4. The first kappa shape index (κ1) is 12.1. The van der Waals surface area contributed by atoms with Gasteiger partial charge >= 0.3 is 5.63 Å². The summed E-state index contributed by atoms with van der Waals surface area (Å²) in [5.41, 5.74) is -0.135. The molecule has 0 aliphatic carbocycles. The van der Waals surface area contributed by atoms with Crippen molar-refractivity contribution >= 4 is 22.5 Å². The molecule has 2 heterocycles. The van der Waals surface area contributed by atoms with Crippen molar-refractivity contribution in [3.05, 3.63) is 52.2 Å². The SMILES string of the molecule is Cc1nonc1NC(=O)c1cc2ccccc2c(=O)o1. The summed E-state index contributed by atoms with van der Waals surface area (Å²) in [7, 11) is 0. The smallest absolute Gasteiger partial charge is 0.344 e. The molecule has 100 valence electrons. The van der Waals surface area contributed by atoms with E-state index in [0.717, 1.165) is 0 Å². The molecule has 0 spiro atoms. The molecule has 0 unspecified atom stereocenters. The number of amides is 1. The number of fused-ring (bicyclic) bond motifs is 1. The molecule has 0 fully saturated rings. The second kappa shape index (κ2) is 4.61. The molecule has 1 N–H and O–H groups in total. The van der Waals surface area contributed by atoms with E-state index in [0.29, 0.717) is 16.5 Å². The molecule has 0 saturated carbocycles. The van der Waals surface area contributed by atoms with Crippen LogP contribution in [0.3, 0.4) is 0 Å². The van der Waals surface area contributed by atoms with Gasteiger partial charge in [-0.15, -0.1) is 0 Å². The van der Waals surface area contributed by atoms with Crippen molar-refractivity contribution in [1.82, 2.24) is 10.3 Å². The zero-order valence-electron chi connectivity index (χ0n) is 10.4. The van der Waals surface area contributed by atoms with Gasteiger partial charge in [0.25, 0.3) is 5.91 Å². The number of anilines is 1. The number of hydrogen-bond donors (Lipinski definition) is 1. The first-order valence-electron chi connectivity index (χ1n) is 5.78. The lowest BCUT2D eigenvalue weighted by atomic mass is 10.1. The molecule has 0 atom stereocenters.